The van der Waals surface area contributed by atoms with Crippen LogP contribution in [0.25, 0.3) is 0 Å². The summed E-state index contributed by atoms with van der Waals surface area (Å²) in [6.45, 7) is 0. The molecule has 0 radical (unpaired) electrons. The molecule has 3 rings (SSSR count). The Labute approximate surface area is 147 Å². The van der Waals surface area contributed by atoms with Crippen molar-refractivity contribution in [2.24, 2.45) is 0 Å². The van der Waals surface area contributed by atoms with Crippen LogP contribution in [0, 0.1) is 35.0 Å². The summed E-state index contributed by atoms with van der Waals surface area (Å²) in [5.41, 5.74) is 4.15. The van der Waals surface area contributed by atoms with E-state index in [-0.39, 0.29) is 5.75 Å². The smallest absolute Gasteiger partial charge is 0.115 e. The second-order valence-corrected chi connectivity index (χ2v) is 5.31. The van der Waals surface area contributed by atoms with Gasteiger partial charge in [0.05, 0.1) is 11.6 Å². The lowest BCUT2D eigenvalue weighted by molar-refractivity contribution is 0.475. The van der Waals surface area contributed by atoms with Gasteiger partial charge in [-0.1, -0.05) is 23.7 Å². The fourth-order valence-electron chi connectivity index (χ4n) is 2.10. The lowest BCUT2D eigenvalue weighted by Gasteiger charge is -1.94. The molecule has 3 aromatic carbocycles. The first-order valence-corrected chi connectivity index (χ1v) is 7.66. The molecule has 116 valence electrons. The van der Waals surface area contributed by atoms with Crippen molar-refractivity contribution in [3.8, 4) is 35.5 Å². The standard InChI is InChI=1S/C23H13NO/c24-17-22-11-9-20(10-12-22)6-5-18-1-3-19(4-2-18)7-8-21-13-15-23(25)16-14-21/h1-4,9-16,25H. The van der Waals surface area contributed by atoms with Crippen molar-refractivity contribution in [3.63, 3.8) is 0 Å². The second kappa shape index (κ2) is 7.56. The first-order valence-electron chi connectivity index (χ1n) is 7.66. The molecule has 0 amide bonds. The summed E-state index contributed by atoms with van der Waals surface area (Å²) in [5.74, 6) is 12.5. The molecular weight excluding hydrogens is 306 g/mol. The summed E-state index contributed by atoms with van der Waals surface area (Å²) in [4.78, 5) is 0. The van der Waals surface area contributed by atoms with E-state index in [9.17, 15) is 5.11 Å². The van der Waals surface area contributed by atoms with Crippen LogP contribution in [0.2, 0.25) is 0 Å². The number of nitrogens with zero attached hydrogens (tertiary/aromatic N) is 1. The van der Waals surface area contributed by atoms with Gasteiger partial charge in [-0.3, -0.25) is 0 Å². The molecule has 0 bridgehead atoms. The molecule has 1 N–H and O–H groups in total. The molecule has 0 saturated heterocycles. The maximum Gasteiger partial charge on any atom is 0.115 e. The molecule has 0 atom stereocenters. The Balaban J connectivity index is 1.71. The topological polar surface area (TPSA) is 44.0 Å². The summed E-state index contributed by atoms with van der Waals surface area (Å²) >= 11 is 0. The van der Waals surface area contributed by atoms with E-state index in [0.717, 1.165) is 22.3 Å². The van der Waals surface area contributed by atoms with E-state index in [0.29, 0.717) is 5.56 Å². The highest BCUT2D eigenvalue weighted by atomic mass is 16.3. The number of rotatable bonds is 0. The molecule has 0 aromatic heterocycles. The number of phenolic OH excluding ortho intramolecular Hbond substituents is 1. The van der Waals surface area contributed by atoms with Crippen molar-refractivity contribution in [1.82, 2.24) is 0 Å². The van der Waals surface area contributed by atoms with E-state index in [1.54, 1.807) is 36.4 Å². The Kier molecular flexibility index (Phi) is 4.82. The van der Waals surface area contributed by atoms with Crippen LogP contribution in [0.3, 0.4) is 0 Å². The number of nitriles is 1. The molecular formula is C23H13NO. The maximum absolute atomic E-state index is 9.26. The molecule has 0 aliphatic heterocycles. The van der Waals surface area contributed by atoms with Crippen molar-refractivity contribution in [3.05, 3.63) is 101 Å². The van der Waals surface area contributed by atoms with Gasteiger partial charge in [0.1, 0.15) is 5.75 Å². The van der Waals surface area contributed by atoms with Crippen molar-refractivity contribution in [2.45, 2.75) is 0 Å². The van der Waals surface area contributed by atoms with Gasteiger partial charge in [-0.25, -0.2) is 0 Å². The van der Waals surface area contributed by atoms with Gasteiger partial charge in [0.25, 0.3) is 0 Å². The number of aromatic hydroxyl groups is 1. The lowest BCUT2D eigenvalue weighted by Crippen LogP contribution is -1.80. The Morgan fingerprint density at radius 3 is 1.08 bits per heavy atom. The molecule has 2 heteroatoms. The zero-order valence-corrected chi connectivity index (χ0v) is 13.3. The van der Waals surface area contributed by atoms with Crippen LogP contribution in [0.5, 0.6) is 5.75 Å². The summed E-state index contributed by atoms with van der Waals surface area (Å²) in [5, 5.41) is 18.0. The van der Waals surface area contributed by atoms with Crippen molar-refractivity contribution < 1.29 is 5.11 Å². The van der Waals surface area contributed by atoms with Crippen LogP contribution in [0.15, 0.2) is 72.8 Å². The number of phenols is 1. The summed E-state index contributed by atoms with van der Waals surface area (Å²) in [6.07, 6.45) is 0. The van der Waals surface area contributed by atoms with Gasteiger partial charge >= 0.3 is 0 Å². The lowest BCUT2D eigenvalue weighted by atomic mass is 10.1. The largest absolute Gasteiger partial charge is 0.508 e. The SMILES string of the molecule is N#Cc1ccc(C#Cc2ccc(C#Cc3ccc(O)cc3)cc2)cc1. The Hall–Kier alpha value is -3.93. The molecule has 0 heterocycles. The van der Waals surface area contributed by atoms with Crippen LogP contribution in [-0.2, 0) is 0 Å². The average Bonchev–Trinajstić information content (AvgIpc) is 2.67. The molecule has 0 saturated carbocycles. The quantitative estimate of drug-likeness (QED) is 0.635. The van der Waals surface area contributed by atoms with Gasteiger partial charge in [0.2, 0.25) is 0 Å². The van der Waals surface area contributed by atoms with E-state index in [1.807, 2.05) is 36.4 Å². The maximum atomic E-state index is 9.26. The minimum atomic E-state index is 0.232. The van der Waals surface area contributed by atoms with Crippen LogP contribution >= 0.6 is 0 Å². The van der Waals surface area contributed by atoms with Gasteiger partial charge in [0.15, 0.2) is 0 Å². The van der Waals surface area contributed by atoms with Crippen LogP contribution < -0.4 is 0 Å². The number of benzene rings is 3. The monoisotopic (exact) mass is 319 g/mol. The first-order chi connectivity index (χ1) is 12.2. The van der Waals surface area contributed by atoms with E-state index >= 15 is 0 Å². The average molecular weight is 319 g/mol. The highest BCUT2D eigenvalue weighted by molar-refractivity contribution is 5.48. The Morgan fingerprint density at radius 2 is 0.760 bits per heavy atom. The van der Waals surface area contributed by atoms with Crippen LogP contribution in [0.1, 0.15) is 27.8 Å². The highest BCUT2D eigenvalue weighted by Gasteiger charge is 1.92. The van der Waals surface area contributed by atoms with E-state index in [1.165, 1.54) is 0 Å². The Morgan fingerprint density at radius 1 is 0.480 bits per heavy atom. The van der Waals surface area contributed by atoms with E-state index < -0.39 is 0 Å². The van der Waals surface area contributed by atoms with Gasteiger partial charge < -0.3 is 5.11 Å². The summed E-state index contributed by atoms with van der Waals surface area (Å²) < 4.78 is 0. The van der Waals surface area contributed by atoms with Gasteiger partial charge in [0, 0.05) is 22.3 Å². The van der Waals surface area contributed by atoms with E-state index in [4.69, 9.17) is 5.26 Å². The number of hydrogen-bond acceptors (Lipinski definition) is 2. The minimum Gasteiger partial charge on any atom is -0.508 e. The molecule has 0 aliphatic rings. The summed E-state index contributed by atoms with van der Waals surface area (Å²) in [7, 11) is 0. The fraction of sp³-hybridized carbons (Fsp3) is 0. The molecule has 0 spiro atoms. The second-order valence-electron chi connectivity index (χ2n) is 5.31. The predicted molar refractivity (Wildman–Crippen MR) is 97.7 cm³/mol. The molecule has 0 fully saturated rings. The van der Waals surface area contributed by atoms with Crippen LogP contribution in [0.4, 0.5) is 0 Å². The summed E-state index contributed by atoms with van der Waals surface area (Å²) in [6, 6.07) is 23.8. The first kappa shape index (κ1) is 15.9. The predicted octanol–water partition coefficient (Wildman–Crippen LogP) is 4.06. The van der Waals surface area contributed by atoms with Crippen molar-refractivity contribution in [2.75, 3.05) is 0 Å². The molecule has 0 unspecified atom stereocenters. The molecule has 3 aromatic rings. The van der Waals surface area contributed by atoms with Gasteiger partial charge in [-0.2, -0.15) is 5.26 Å². The number of hydrogen-bond donors (Lipinski definition) is 1. The van der Waals surface area contributed by atoms with Crippen molar-refractivity contribution >= 4 is 0 Å². The normalized spacial score (nSPS) is 9.08. The zero-order chi connectivity index (χ0) is 17.5. The van der Waals surface area contributed by atoms with E-state index in [2.05, 4.69) is 29.8 Å². The Bertz CT molecular complexity index is 1030. The third-order valence-electron chi connectivity index (χ3n) is 3.47. The zero-order valence-electron chi connectivity index (χ0n) is 13.3. The van der Waals surface area contributed by atoms with Crippen molar-refractivity contribution in [1.29, 1.82) is 5.26 Å². The van der Waals surface area contributed by atoms with Crippen LogP contribution in [-0.4, -0.2) is 5.11 Å². The van der Waals surface area contributed by atoms with Gasteiger partial charge in [-0.15, -0.1) is 0 Å². The molecule has 25 heavy (non-hydrogen) atoms. The molecule has 2 nitrogen and oxygen atoms in total. The molecule has 0 aliphatic carbocycles. The third kappa shape index (κ3) is 4.52. The highest BCUT2D eigenvalue weighted by Crippen LogP contribution is 2.09. The fourth-order valence-corrected chi connectivity index (χ4v) is 2.10. The third-order valence-corrected chi connectivity index (χ3v) is 3.47. The minimum absolute atomic E-state index is 0.232. The van der Waals surface area contributed by atoms with Gasteiger partial charge in [-0.05, 0) is 72.8 Å².